The number of aromatic nitrogens is 1. The van der Waals surface area contributed by atoms with Crippen molar-refractivity contribution in [3.8, 4) is 0 Å². The molecule has 0 unspecified atom stereocenters. The Morgan fingerprint density at radius 1 is 1.04 bits per heavy atom. The number of rotatable bonds is 4. The van der Waals surface area contributed by atoms with Crippen molar-refractivity contribution in [1.82, 2.24) is 10.3 Å². The number of pyridine rings is 1. The highest BCUT2D eigenvalue weighted by Gasteiger charge is 2.33. The van der Waals surface area contributed by atoms with Crippen LogP contribution in [0.2, 0.25) is 0 Å². The van der Waals surface area contributed by atoms with Crippen LogP contribution >= 0.6 is 12.2 Å². The monoisotopic (exact) mass is 339 g/mol. The lowest BCUT2D eigenvalue weighted by Crippen LogP contribution is -2.43. The highest BCUT2D eigenvalue weighted by Crippen LogP contribution is 2.38. The van der Waals surface area contributed by atoms with Gasteiger partial charge in [-0.15, -0.1) is 0 Å². The first-order valence-electron chi connectivity index (χ1n) is 8.72. The van der Waals surface area contributed by atoms with E-state index in [1.54, 1.807) is 0 Å². The van der Waals surface area contributed by atoms with Crippen molar-refractivity contribution < 1.29 is 0 Å². The smallest absolute Gasteiger partial charge is 0.171 e. The van der Waals surface area contributed by atoms with Gasteiger partial charge in [0.05, 0.1) is 0 Å². The SMILES string of the molecule is Cc1cccc(NC(=S)NCC2(c3ccccc3)CCCCC2)n1. The second kappa shape index (κ2) is 7.75. The zero-order chi connectivity index (χ0) is 16.8. The summed E-state index contributed by atoms with van der Waals surface area (Å²) < 4.78 is 0. The summed E-state index contributed by atoms with van der Waals surface area (Å²) in [5.41, 5.74) is 2.59. The van der Waals surface area contributed by atoms with E-state index >= 15 is 0 Å². The number of hydrogen-bond donors (Lipinski definition) is 2. The molecule has 1 heterocycles. The van der Waals surface area contributed by atoms with Crippen LogP contribution in [0.4, 0.5) is 5.82 Å². The van der Waals surface area contributed by atoms with Crippen molar-refractivity contribution in [2.75, 3.05) is 11.9 Å². The van der Waals surface area contributed by atoms with Crippen LogP contribution in [0, 0.1) is 6.92 Å². The van der Waals surface area contributed by atoms with Crippen LogP contribution in [0.15, 0.2) is 48.5 Å². The predicted octanol–water partition coefficient (Wildman–Crippen LogP) is 4.58. The van der Waals surface area contributed by atoms with E-state index in [1.807, 2.05) is 25.1 Å². The fraction of sp³-hybridized carbons (Fsp3) is 0.400. The molecule has 3 rings (SSSR count). The zero-order valence-corrected chi connectivity index (χ0v) is 15.0. The van der Waals surface area contributed by atoms with Crippen molar-refractivity contribution in [2.24, 2.45) is 0 Å². The van der Waals surface area contributed by atoms with E-state index in [2.05, 4.69) is 45.9 Å². The topological polar surface area (TPSA) is 37.0 Å². The Kier molecular flexibility index (Phi) is 5.46. The number of nitrogens with one attached hydrogen (secondary N) is 2. The van der Waals surface area contributed by atoms with Crippen molar-refractivity contribution in [3.63, 3.8) is 0 Å². The first kappa shape index (κ1) is 16.9. The Morgan fingerprint density at radius 3 is 2.50 bits per heavy atom. The van der Waals surface area contributed by atoms with E-state index in [1.165, 1.54) is 37.7 Å². The predicted molar refractivity (Wildman–Crippen MR) is 104 cm³/mol. The second-order valence-corrected chi connectivity index (χ2v) is 7.09. The van der Waals surface area contributed by atoms with E-state index in [0.717, 1.165) is 18.1 Å². The van der Waals surface area contributed by atoms with Crippen molar-refractivity contribution in [3.05, 3.63) is 59.8 Å². The van der Waals surface area contributed by atoms with Gasteiger partial charge in [0.15, 0.2) is 5.11 Å². The lowest BCUT2D eigenvalue weighted by atomic mass is 9.69. The standard InChI is InChI=1S/C20H25N3S/c1-16-9-8-12-18(22-16)23-19(24)21-15-20(13-6-3-7-14-20)17-10-4-2-5-11-17/h2,4-5,8-12H,3,6-7,13-15H2,1H3,(H2,21,22,23,24). The summed E-state index contributed by atoms with van der Waals surface area (Å²) in [4.78, 5) is 4.44. The number of aryl methyl sites for hydroxylation is 1. The van der Waals surface area contributed by atoms with Gasteiger partial charge in [-0.3, -0.25) is 0 Å². The van der Waals surface area contributed by atoms with Gasteiger partial charge in [0.25, 0.3) is 0 Å². The third-order valence-electron chi connectivity index (χ3n) is 4.91. The Morgan fingerprint density at radius 2 is 1.79 bits per heavy atom. The highest BCUT2D eigenvalue weighted by atomic mass is 32.1. The van der Waals surface area contributed by atoms with Crippen LogP contribution in [0.1, 0.15) is 43.4 Å². The maximum atomic E-state index is 5.49. The fourth-order valence-electron chi connectivity index (χ4n) is 3.61. The summed E-state index contributed by atoms with van der Waals surface area (Å²) >= 11 is 5.49. The fourth-order valence-corrected chi connectivity index (χ4v) is 3.79. The van der Waals surface area contributed by atoms with E-state index in [-0.39, 0.29) is 5.41 Å². The third kappa shape index (κ3) is 4.12. The molecule has 0 saturated heterocycles. The lowest BCUT2D eigenvalue weighted by molar-refractivity contribution is 0.292. The van der Waals surface area contributed by atoms with Gasteiger partial charge in [-0.25, -0.2) is 4.98 Å². The molecule has 1 aromatic carbocycles. The molecular weight excluding hydrogens is 314 g/mol. The summed E-state index contributed by atoms with van der Waals surface area (Å²) in [6, 6.07) is 16.8. The molecular formula is C20H25N3S. The first-order chi connectivity index (χ1) is 11.7. The average molecular weight is 340 g/mol. The Balaban J connectivity index is 1.66. The quantitative estimate of drug-likeness (QED) is 0.800. The van der Waals surface area contributed by atoms with Crippen molar-refractivity contribution >= 4 is 23.1 Å². The molecule has 1 fully saturated rings. The van der Waals surface area contributed by atoms with Crippen molar-refractivity contribution in [1.29, 1.82) is 0 Å². The van der Waals surface area contributed by atoms with Gasteiger partial charge >= 0.3 is 0 Å². The Hall–Kier alpha value is -1.94. The summed E-state index contributed by atoms with van der Waals surface area (Å²) in [6.07, 6.45) is 6.35. The highest BCUT2D eigenvalue weighted by molar-refractivity contribution is 7.80. The minimum absolute atomic E-state index is 0.186. The van der Waals surface area contributed by atoms with Gasteiger partial charge in [0.2, 0.25) is 0 Å². The minimum atomic E-state index is 0.186. The molecule has 1 aliphatic carbocycles. The molecule has 0 amide bonds. The Bertz CT molecular complexity index is 678. The van der Waals surface area contributed by atoms with Gasteiger partial charge in [0.1, 0.15) is 5.82 Å². The molecule has 24 heavy (non-hydrogen) atoms. The van der Waals surface area contributed by atoms with Gasteiger partial charge in [0, 0.05) is 17.7 Å². The van der Waals surface area contributed by atoms with E-state index in [4.69, 9.17) is 12.2 Å². The van der Waals surface area contributed by atoms with E-state index in [9.17, 15) is 0 Å². The second-order valence-electron chi connectivity index (χ2n) is 6.68. The van der Waals surface area contributed by atoms with Gasteiger partial charge < -0.3 is 10.6 Å². The van der Waals surface area contributed by atoms with Crippen LogP contribution < -0.4 is 10.6 Å². The molecule has 1 saturated carbocycles. The van der Waals surface area contributed by atoms with Gasteiger partial charge in [-0.1, -0.05) is 55.7 Å². The molecule has 0 spiro atoms. The molecule has 1 aromatic heterocycles. The third-order valence-corrected chi connectivity index (χ3v) is 5.16. The minimum Gasteiger partial charge on any atom is -0.362 e. The molecule has 2 aromatic rings. The normalized spacial score (nSPS) is 16.4. The summed E-state index contributed by atoms with van der Waals surface area (Å²) in [7, 11) is 0. The summed E-state index contributed by atoms with van der Waals surface area (Å²) in [5, 5.41) is 7.29. The van der Waals surface area contributed by atoms with Gasteiger partial charge in [-0.2, -0.15) is 0 Å². The summed E-state index contributed by atoms with van der Waals surface area (Å²) in [6.45, 7) is 2.85. The lowest BCUT2D eigenvalue weighted by Gasteiger charge is -2.38. The van der Waals surface area contributed by atoms with Crippen LogP contribution in [0.25, 0.3) is 0 Å². The number of thiocarbonyl (C=S) groups is 1. The van der Waals surface area contributed by atoms with E-state index < -0.39 is 0 Å². The molecule has 0 radical (unpaired) electrons. The molecule has 0 bridgehead atoms. The molecule has 0 atom stereocenters. The molecule has 3 nitrogen and oxygen atoms in total. The number of hydrogen-bond acceptors (Lipinski definition) is 2. The average Bonchev–Trinajstić information content (AvgIpc) is 2.62. The summed E-state index contributed by atoms with van der Waals surface area (Å²) in [5.74, 6) is 0.796. The van der Waals surface area contributed by atoms with Crippen LogP contribution in [-0.2, 0) is 5.41 Å². The largest absolute Gasteiger partial charge is 0.362 e. The van der Waals surface area contributed by atoms with Crippen LogP contribution in [0.5, 0.6) is 0 Å². The van der Waals surface area contributed by atoms with E-state index in [0.29, 0.717) is 5.11 Å². The molecule has 0 aliphatic heterocycles. The molecule has 2 N–H and O–H groups in total. The number of anilines is 1. The molecule has 1 aliphatic rings. The zero-order valence-electron chi connectivity index (χ0n) is 14.2. The molecule has 4 heteroatoms. The maximum Gasteiger partial charge on any atom is 0.171 e. The number of nitrogens with zero attached hydrogens (tertiary/aromatic N) is 1. The first-order valence-corrected chi connectivity index (χ1v) is 9.13. The van der Waals surface area contributed by atoms with Crippen molar-refractivity contribution in [2.45, 2.75) is 44.4 Å². The van der Waals surface area contributed by atoms with Crippen LogP contribution in [-0.4, -0.2) is 16.6 Å². The maximum absolute atomic E-state index is 5.49. The van der Waals surface area contributed by atoms with Gasteiger partial charge in [-0.05, 0) is 49.7 Å². The Labute approximate surface area is 149 Å². The number of benzene rings is 1. The van der Waals surface area contributed by atoms with Crippen LogP contribution in [0.3, 0.4) is 0 Å². The molecule has 126 valence electrons.